The van der Waals surface area contributed by atoms with Crippen LogP contribution in [0.1, 0.15) is 23.0 Å². The molecule has 0 aliphatic rings. The van der Waals surface area contributed by atoms with Gasteiger partial charge in [-0.05, 0) is 36.8 Å². The highest BCUT2D eigenvalue weighted by atomic mass is 35.5. The molecule has 0 radical (unpaired) electrons. The van der Waals surface area contributed by atoms with Gasteiger partial charge in [0.2, 0.25) is 0 Å². The molecule has 29 heavy (non-hydrogen) atoms. The molecule has 0 fully saturated rings. The normalized spacial score (nSPS) is 10.8. The molecule has 0 bridgehead atoms. The van der Waals surface area contributed by atoms with Crippen molar-refractivity contribution in [3.8, 4) is 16.3 Å². The molecule has 0 unspecified atom stereocenters. The molecule has 5 nitrogen and oxygen atoms in total. The number of thiazole rings is 1. The predicted molar refractivity (Wildman–Crippen MR) is 117 cm³/mol. The zero-order chi connectivity index (χ0) is 20.2. The van der Waals surface area contributed by atoms with Crippen molar-refractivity contribution in [1.29, 1.82) is 0 Å². The first-order valence-electron chi connectivity index (χ1n) is 9.23. The number of benzene rings is 2. The Morgan fingerprint density at radius 2 is 2.00 bits per heavy atom. The van der Waals surface area contributed by atoms with Crippen LogP contribution in [0, 0.1) is 0 Å². The summed E-state index contributed by atoms with van der Waals surface area (Å²) in [5.41, 5.74) is 3.30. The first-order chi connectivity index (χ1) is 14.1. The Morgan fingerprint density at radius 1 is 1.17 bits per heavy atom. The van der Waals surface area contributed by atoms with Crippen LogP contribution in [0.3, 0.4) is 0 Å². The molecule has 2 heterocycles. The molecule has 0 saturated carbocycles. The Kier molecular flexibility index (Phi) is 5.74. The minimum absolute atomic E-state index is 0.0922. The van der Waals surface area contributed by atoms with Gasteiger partial charge in [0.1, 0.15) is 10.7 Å². The number of carbonyl (C=O) groups is 1. The molecule has 0 spiro atoms. The first-order valence-corrected chi connectivity index (χ1v) is 10.5. The lowest BCUT2D eigenvalue weighted by molar-refractivity contribution is 0.0747. The maximum atomic E-state index is 13.0. The fraction of sp³-hybridized carbons (Fsp3) is 0.136. The van der Waals surface area contributed by atoms with E-state index in [1.54, 1.807) is 21.2 Å². The standard InChI is InChI=1S/C22H19ClN4OS/c1-2-26(13-16-7-6-8-18(23)11-16)22(28)20-15-29-21(25-20)17-12-24-27(14-17)19-9-4-3-5-10-19/h3-12,14-15H,2,13H2,1H3. The molecular formula is C22H19ClN4OS. The van der Waals surface area contributed by atoms with Gasteiger partial charge in [0.05, 0.1) is 11.9 Å². The summed E-state index contributed by atoms with van der Waals surface area (Å²) in [4.78, 5) is 19.3. The van der Waals surface area contributed by atoms with E-state index in [9.17, 15) is 4.79 Å². The van der Waals surface area contributed by atoms with E-state index in [0.717, 1.165) is 21.8 Å². The van der Waals surface area contributed by atoms with Crippen molar-refractivity contribution in [2.75, 3.05) is 6.54 Å². The maximum Gasteiger partial charge on any atom is 0.273 e. The highest BCUT2D eigenvalue weighted by Crippen LogP contribution is 2.25. The lowest BCUT2D eigenvalue weighted by Crippen LogP contribution is -2.30. The number of amides is 1. The third kappa shape index (κ3) is 4.39. The van der Waals surface area contributed by atoms with Crippen molar-refractivity contribution in [2.24, 2.45) is 0 Å². The van der Waals surface area contributed by atoms with E-state index >= 15 is 0 Å². The van der Waals surface area contributed by atoms with E-state index in [1.165, 1.54) is 11.3 Å². The summed E-state index contributed by atoms with van der Waals surface area (Å²) < 4.78 is 1.80. The lowest BCUT2D eigenvalue weighted by Gasteiger charge is -2.20. The van der Waals surface area contributed by atoms with Crippen LogP contribution in [0.4, 0.5) is 0 Å². The van der Waals surface area contributed by atoms with E-state index in [2.05, 4.69) is 10.1 Å². The second-order valence-corrected chi connectivity index (χ2v) is 7.79. The van der Waals surface area contributed by atoms with Gasteiger partial charge in [-0.3, -0.25) is 4.79 Å². The predicted octanol–water partition coefficient (Wildman–Crippen LogP) is 5.31. The van der Waals surface area contributed by atoms with Gasteiger partial charge < -0.3 is 4.90 Å². The minimum Gasteiger partial charge on any atom is -0.333 e. The number of halogens is 1. The average Bonchev–Trinajstić information content (AvgIpc) is 3.42. The summed E-state index contributed by atoms with van der Waals surface area (Å²) in [5, 5.41) is 7.65. The van der Waals surface area contributed by atoms with E-state index in [-0.39, 0.29) is 5.91 Å². The summed E-state index contributed by atoms with van der Waals surface area (Å²) in [6, 6.07) is 17.4. The molecule has 4 rings (SSSR count). The highest BCUT2D eigenvalue weighted by Gasteiger charge is 2.19. The molecule has 2 aromatic heterocycles. The van der Waals surface area contributed by atoms with Crippen LogP contribution in [0.25, 0.3) is 16.3 Å². The van der Waals surface area contributed by atoms with Crippen molar-refractivity contribution in [2.45, 2.75) is 13.5 Å². The van der Waals surface area contributed by atoms with Crippen LogP contribution in [0.5, 0.6) is 0 Å². The van der Waals surface area contributed by atoms with Crippen LogP contribution < -0.4 is 0 Å². The van der Waals surface area contributed by atoms with Crippen LogP contribution in [0.15, 0.2) is 72.4 Å². The van der Waals surface area contributed by atoms with Gasteiger partial charge in [-0.25, -0.2) is 9.67 Å². The fourth-order valence-corrected chi connectivity index (χ4v) is 3.99. The largest absolute Gasteiger partial charge is 0.333 e. The second-order valence-electron chi connectivity index (χ2n) is 6.50. The van der Waals surface area contributed by atoms with E-state index in [1.807, 2.05) is 67.7 Å². The van der Waals surface area contributed by atoms with Gasteiger partial charge in [-0.1, -0.05) is 41.9 Å². The zero-order valence-electron chi connectivity index (χ0n) is 15.8. The zero-order valence-corrected chi connectivity index (χ0v) is 17.4. The molecule has 4 aromatic rings. The molecule has 0 aliphatic carbocycles. The number of aromatic nitrogens is 3. The monoisotopic (exact) mass is 422 g/mol. The molecule has 0 saturated heterocycles. The maximum absolute atomic E-state index is 13.0. The third-order valence-corrected chi connectivity index (χ3v) is 5.63. The second kappa shape index (κ2) is 8.59. The van der Waals surface area contributed by atoms with Crippen molar-refractivity contribution in [3.63, 3.8) is 0 Å². The molecule has 1 amide bonds. The summed E-state index contributed by atoms with van der Waals surface area (Å²) in [7, 11) is 0. The van der Waals surface area contributed by atoms with Crippen molar-refractivity contribution in [1.82, 2.24) is 19.7 Å². The summed E-state index contributed by atoms with van der Waals surface area (Å²) >= 11 is 7.51. The molecule has 2 aromatic carbocycles. The fourth-order valence-electron chi connectivity index (χ4n) is 3.00. The SMILES string of the molecule is CCN(Cc1cccc(Cl)c1)C(=O)c1csc(-c2cnn(-c3ccccc3)c2)n1. The molecule has 7 heteroatoms. The Labute approximate surface area is 178 Å². The lowest BCUT2D eigenvalue weighted by atomic mass is 10.2. The Bertz CT molecular complexity index is 1120. The summed E-state index contributed by atoms with van der Waals surface area (Å²) in [6.45, 7) is 3.04. The average molecular weight is 423 g/mol. The highest BCUT2D eigenvalue weighted by molar-refractivity contribution is 7.13. The summed E-state index contributed by atoms with van der Waals surface area (Å²) in [5.74, 6) is -0.0922. The molecule has 146 valence electrons. The quantitative estimate of drug-likeness (QED) is 0.423. The van der Waals surface area contributed by atoms with E-state index < -0.39 is 0 Å². The van der Waals surface area contributed by atoms with Gasteiger partial charge >= 0.3 is 0 Å². The Hall–Kier alpha value is -2.96. The molecule has 0 N–H and O–H groups in total. The number of hydrogen-bond acceptors (Lipinski definition) is 4. The van der Waals surface area contributed by atoms with Crippen molar-refractivity contribution < 1.29 is 4.79 Å². The number of hydrogen-bond donors (Lipinski definition) is 0. The third-order valence-electron chi connectivity index (χ3n) is 4.50. The van der Waals surface area contributed by atoms with Gasteiger partial charge in [0, 0.05) is 35.3 Å². The van der Waals surface area contributed by atoms with Crippen LogP contribution in [-0.2, 0) is 6.54 Å². The smallest absolute Gasteiger partial charge is 0.273 e. The van der Waals surface area contributed by atoms with Gasteiger partial charge in [-0.15, -0.1) is 11.3 Å². The number of carbonyl (C=O) groups excluding carboxylic acids is 1. The number of nitrogens with zero attached hydrogens (tertiary/aromatic N) is 4. The summed E-state index contributed by atoms with van der Waals surface area (Å²) in [6.07, 6.45) is 3.69. The minimum atomic E-state index is -0.0922. The van der Waals surface area contributed by atoms with Gasteiger partial charge in [-0.2, -0.15) is 5.10 Å². The van der Waals surface area contributed by atoms with E-state index in [4.69, 9.17) is 11.6 Å². The molecule has 0 aliphatic heterocycles. The van der Waals surface area contributed by atoms with Crippen LogP contribution >= 0.6 is 22.9 Å². The van der Waals surface area contributed by atoms with Crippen LogP contribution in [-0.4, -0.2) is 32.1 Å². The number of para-hydroxylation sites is 1. The van der Waals surface area contributed by atoms with E-state index in [0.29, 0.717) is 23.8 Å². The molecular weight excluding hydrogens is 404 g/mol. The van der Waals surface area contributed by atoms with Crippen molar-refractivity contribution in [3.05, 3.63) is 88.7 Å². The van der Waals surface area contributed by atoms with Gasteiger partial charge in [0.15, 0.2) is 0 Å². The first kappa shape index (κ1) is 19.4. The molecule has 0 atom stereocenters. The number of rotatable bonds is 6. The Balaban J connectivity index is 1.52. The van der Waals surface area contributed by atoms with Crippen molar-refractivity contribution >= 4 is 28.8 Å². The van der Waals surface area contributed by atoms with Crippen LogP contribution in [0.2, 0.25) is 5.02 Å². The van der Waals surface area contributed by atoms with Gasteiger partial charge in [0.25, 0.3) is 5.91 Å². The Morgan fingerprint density at radius 3 is 2.76 bits per heavy atom. The topological polar surface area (TPSA) is 51.0 Å².